The maximum absolute atomic E-state index is 12.8. The van der Waals surface area contributed by atoms with E-state index >= 15 is 0 Å². The lowest BCUT2D eigenvalue weighted by molar-refractivity contribution is -0.125. The fraction of sp³-hybridized carbons (Fsp3) is 0.304. The monoisotopic (exact) mass is 359 g/mol. The average molecular weight is 359 g/mol. The van der Waals surface area contributed by atoms with Crippen molar-refractivity contribution in [2.45, 2.75) is 43.7 Å². The van der Waals surface area contributed by atoms with Crippen LogP contribution in [0.4, 0.5) is 4.79 Å². The Morgan fingerprint density at radius 3 is 1.93 bits per heavy atom. The zero-order chi connectivity index (χ0) is 19.0. The van der Waals surface area contributed by atoms with E-state index in [0.717, 1.165) is 0 Å². The molecule has 2 bridgehead atoms. The zero-order valence-electron chi connectivity index (χ0n) is 15.6. The highest BCUT2D eigenvalue weighted by atomic mass is 16.6. The molecular formula is C23H21NO3. The molecule has 4 heteroatoms. The minimum atomic E-state index is -0.550. The Hall–Kier alpha value is -2.88. The molecule has 2 atom stereocenters. The molecule has 27 heavy (non-hydrogen) atoms. The second kappa shape index (κ2) is 5.10. The first-order chi connectivity index (χ1) is 13.0. The van der Waals surface area contributed by atoms with Crippen molar-refractivity contribution in [1.82, 2.24) is 4.90 Å². The lowest BCUT2D eigenvalue weighted by Crippen LogP contribution is -2.66. The molecule has 0 unspecified atom stereocenters. The van der Waals surface area contributed by atoms with Gasteiger partial charge < -0.3 is 4.74 Å². The lowest BCUT2D eigenvalue weighted by atomic mass is 9.47. The summed E-state index contributed by atoms with van der Waals surface area (Å²) in [5.41, 5.74) is 3.70. The van der Waals surface area contributed by atoms with Crippen LogP contribution in [-0.4, -0.2) is 29.0 Å². The quantitative estimate of drug-likeness (QED) is 0.725. The van der Waals surface area contributed by atoms with Gasteiger partial charge in [-0.05, 0) is 49.1 Å². The predicted molar refractivity (Wildman–Crippen MR) is 102 cm³/mol. The summed E-state index contributed by atoms with van der Waals surface area (Å²) in [4.78, 5) is 26.9. The van der Waals surface area contributed by atoms with Gasteiger partial charge in [0.1, 0.15) is 6.10 Å². The summed E-state index contributed by atoms with van der Waals surface area (Å²) in [5.74, 6) is -0.317. The Bertz CT molecular complexity index is 974. The molecule has 0 radical (unpaired) electrons. The van der Waals surface area contributed by atoms with Gasteiger partial charge in [0.2, 0.25) is 0 Å². The molecule has 0 saturated carbocycles. The van der Waals surface area contributed by atoms with Crippen molar-refractivity contribution in [2.75, 3.05) is 0 Å². The minimum absolute atomic E-state index is 0.317. The van der Waals surface area contributed by atoms with Gasteiger partial charge in [-0.15, -0.1) is 0 Å². The Morgan fingerprint density at radius 1 is 0.963 bits per heavy atom. The van der Waals surface area contributed by atoms with Crippen LogP contribution in [0.2, 0.25) is 0 Å². The van der Waals surface area contributed by atoms with Gasteiger partial charge in [-0.2, -0.15) is 0 Å². The molecule has 1 saturated heterocycles. The van der Waals surface area contributed by atoms with E-state index < -0.39 is 23.0 Å². The first-order valence-corrected chi connectivity index (χ1v) is 9.32. The van der Waals surface area contributed by atoms with E-state index in [1.807, 2.05) is 24.3 Å². The molecule has 0 spiro atoms. The molecule has 4 nitrogen and oxygen atoms in total. The third-order valence-corrected chi connectivity index (χ3v) is 6.79. The van der Waals surface area contributed by atoms with Crippen LogP contribution < -0.4 is 0 Å². The first-order valence-electron chi connectivity index (χ1n) is 9.32. The van der Waals surface area contributed by atoms with Crippen molar-refractivity contribution in [3.8, 4) is 0 Å². The van der Waals surface area contributed by atoms with Crippen LogP contribution in [0, 0.1) is 0 Å². The standard InChI is InChI=1S/C23H21NO3/c1-4-9-18(25)24-19-20(27-21(24)26)23(3)16-12-7-5-10-14(16)22(19,2)15-11-6-8-13-17(15)23/h4-13,19-20H,1-3H3/b9-4+/t19-,20+,22?,23?/m1/s1. The van der Waals surface area contributed by atoms with Crippen molar-refractivity contribution >= 4 is 12.0 Å². The molecule has 4 aliphatic rings. The van der Waals surface area contributed by atoms with Gasteiger partial charge in [0.25, 0.3) is 5.91 Å². The highest BCUT2D eigenvalue weighted by molar-refractivity contribution is 6.01. The van der Waals surface area contributed by atoms with Crippen molar-refractivity contribution in [3.05, 3.63) is 82.9 Å². The Kier molecular flexibility index (Phi) is 3.08. The van der Waals surface area contributed by atoms with E-state index in [1.54, 1.807) is 13.0 Å². The van der Waals surface area contributed by atoms with Gasteiger partial charge in [-0.1, -0.05) is 54.6 Å². The first kappa shape index (κ1) is 16.3. The number of carbonyl (C=O) groups is 2. The molecule has 3 aliphatic carbocycles. The third-order valence-electron chi connectivity index (χ3n) is 6.79. The fourth-order valence-electron chi connectivity index (χ4n) is 5.62. The lowest BCUT2D eigenvalue weighted by Gasteiger charge is -2.58. The van der Waals surface area contributed by atoms with Crippen molar-refractivity contribution in [2.24, 2.45) is 0 Å². The molecule has 1 fully saturated rings. The second-order valence-corrected chi connectivity index (χ2v) is 7.95. The number of amides is 2. The molecule has 2 aromatic rings. The number of allylic oxidation sites excluding steroid dienone is 1. The molecule has 136 valence electrons. The number of imide groups is 1. The van der Waals surface area contributed by atoms with Crippen LogP contribution >= 0.6 is 0 Å². The smallest absolute Gasteiger partial charge is 0.417 e. The van der Waals surface area contributed by atoms with Gasteiger partial charge in [0.05, 0.1) is 11.5 Å². The minimum Gasteiger partial charge on any atom is -0.442 e. The summed E-state index contributed by atoms with van der Waals surface area (Å²) in [6.45, 7) is 6.05. The Labute approximate surface area is 158 Å². The summed E-state index contributed by atoms with van der Waals surface area (Å²) in [5, 5.41) is 0. The van der Waals surface area contributed by atoms with Gasteiger partial charge in [-0.3, -0.25) is 4.79 Å². The van der Waals surface area contributed by atoms with E-state index in [1.165, 1.54) is 33.2 Å². The van der Waals surface area contributed by atoms with E-state index in [2.05, 4.69) is 38.1 Å². The van der Waals surface area contributed by atoms with Crippen LogP contribution in [0.15, 0.2) is 60.7 Å². The Balaban J connectivity index is 1.86. The normalized spacial score (nSPS) is 32.9. The number of rotatable bonds is 1. The molecule has 1 aliphatic heterocycles. The molecule has 1 heterocycles. The van der Waals surface area contributed by atoms with Crippen molar-refractivity contribution in [3.63, 3.8) is 0 Å². The van der Waals surface area contributed by atoms with Crippen LogP contribution in [-0.2, 0) is 20.4 Å². The van der Waals surface area contributed by atoms with Crippen molar-refractivity contribution in [1.29, 1.82) is 0 Å². The molecule has 0 aromatic heterocycles. The summed E-state index contributed by atoms with van der Waals surface area (Å²) >= 11 is 0. The maximum Gasteiger partial charge on any atom is 0.417 e. The molecule has 6 rings (SSSR count). The topological polar surface area (TPSA) is 46.6 Å². The summed E-state index contributed by atoms with van der Waals surface area (Å²) in [6, 6.07) is 16.3. The van der Waals surface area contributed by atoms with E-state index in [-0.39, 0.29) is 11.9 Å². The average Bonchev–Trinajstić information content (AvgIpc) is 3.05. The number of hydrogen-bond donors (Lipinski definition) is 0. The predicted octanol–water partition coefficient (Wildman–Crippen LogP) is 3.92. The molecular weight excluding hydrogens is 338 g/mol. The van der Waals surface area contributed by atoms with E-state index in [4.69, 9.17) is 4.74 Å². The number of ether oxygens (including phenoxy) is 1. The van der Waals surface area contributed by atoms with E-state index in [9.17, 15) is 9.59 Å². The fourth-order valence-corrected chi connectivity index (χ4v) is 5.62. The third kappa shape index (κ3) is 1.69. The Morgan fingerprint density at radius 2 is 1.44 bits per heavy atom. The number of nitrogens with zero attached hydrogens (tertiary/aromatic N) is 1. The SMILES string of the molecule is C/C=C/C(=O)N1C(=O)O[C@H]2[C@@H]1C1(C)c3ccccc3C2(C)c2ccccc21. The molecule has 2 amide bonds. The van der Waals surface area contributed by atoms with Gasteiger partial charge in [0.15, 0.2) is 0 Å². The molecule has 0 N–H and O–H groups in total. The van der Waals surface area contributed by atoms with Gasteiger partial charge >= 0.3 is 6.09 Å². The maximum atomic E-state index is 12.8. The van der Waals surface area contributed by atoms with Crippen molar-refractivity contribution < 1.29 is 14.3 Å². The van der Waals surface area contributed by atoms with Crippen LogP contribution in [0.3, 0.4) is 0 Å². The zero-order valence-corrected chi connectivity index (χ0v) is 15.6. The van der Waals surface area contributed by atoms with Crippen LogP contribution in [0.5, 0.6) is 0 Å². The van der Waals surface area contributed by atoms with Gasteiger partial charge in [0, 0.05) is 5.41 Å². The highest BCUT2D eigenvalue weighted by Gasteiger charge is 2.69. The van der Waals surface area contributed by atoms with Gasteiger partial charge in [-0.25, -0.2) is 9.69 Å². The van der Waals surface area contributed by atoms with E-state index in [0.29, 0.717) is 0 Å². The summed E-state index contributed by atoms with van der Waals surface area (Å²) in [6.07, 6.45) is 2.14. The number of benzene rings is 2. The van der Waals surface area contributed by atoms with Crippen LogP contribution in [0.25, 0.3) is 0 Å². The second-order valence-electron chi connectivity index (χ2n) is 7.95. The largest absolute Gasteiger partial charge is 0.442 e. The van der Waals surface area contributed by atoms with Crippen LogP contribution in [0.1, 0.15) is 43.0 Å². The highest BCUT2D eigenvalue weighted by Crippen LogP contribution is 2.62. The number of hydrogen-bond acceptors (Lipinski definition) is 3. The number of carbonyl (C=O) groups excluding carboxylic acids is 2. The summed E-state index contributed by atoms with van der Waals surface area (Å²) in [7, 11) is 0. The molecule has 2 aromatic carbocycles. The summed E-state index contributed by atoms with van der Waals surface area (Å²) < 4.78 is 5.89.